The van der Waals surface area contributed by atoms with Crippen LogP contribution in [0.5, 0.6) is 0 Å². The Balaban J connectivity index is 0.00000112. The molecule has 0 aliphatic heterocycles. The van der Waals surface area contributed by atoms with Gasteiger partial charge in [-0.2, -0.15) is 0 Å². The fraction of sp³-hybridized carbons (Fsp3) is 0.455. The van der Waals surface area contributed by atoms with Crippen molar-refractivity contribution in [3.63, 3.8) is 0 Å². The molecular weight excluding hydrogens is 210 g/mol. The molecule has 0 spiro atoms. The summed E-state index contributed by atoms with van der Waals surface area (Å²) in [6, 6.07) is 6.45. The molecule has 84 valence electrons. The molecule has 0 amide bonds. The molecule has 1 aromatic rings. The van der Waals surface area contributed by atoms with Gasteiger partial charge in [0.05, 0.1) is 0 Å². The first-order valence-electron chi connectivity index (χ1n) is 5.01. The Morgan fingerprint density at radius 1 is 1.33 bits per heavy atom. The Morgan fingerprint density at radius 2 is 2.00 bits per heavy atom. The molecule has 1 fully saturated rings. The van der Waals surface area contributed by atoms with Gasteiger partial charge in [-0.25, -0.2) is 0 Å². The third kappa shape index (κ3) is 3.01. The van der Waals surface area contributed by atoms with Crippen LogP contribution in [-0.2, 0) is 6.54 Å². The first-order valence-corrected chi connectivity index (χ1v) is 5.01. The molecule has 0 unspecified atom stereocenters. The average molecular weight is 228 g/mol. The zero-order valence-corrected chi connectivity index (χ0v) is 9.76. The van der Waals surface area contributed by atoms with E-state index < -0.39 is 0 Å². The van der Waals surface area contributed by atoms with E-state index in [-0.39, 0.29) is 12.4 Å². The average Bonchev–Trinajstić information content (AvgIpc) is 2.94. The molecule has 3 nitrogen and oxygen atoms in total. The van der Waals surface area contributed by atoms with E-state index in [0.717, 1.165) is 29.5 Å². The van der Waals surface area contributed by atoms with Crippen LogP contribution >= 0.6 is 12.4 Å². The summed E-state index contributed by atoms with van der Waals surface area (Å²) in [4.78, 5) is 2.34. The maximum absolute atomic E-state index is 5.88. The summed E-state index contributed by atoms with van der Waals surface area (Å²) < 4.78 is 0. The lowest BCUT2D eigenvalue weighted by molar-refractivity contribution is 0.317. The van der Waals surface area contributed by atoms with Gasteiger partial charge >= 0.3 is 0 Å². The molecule has 0 bridgehead atoms. The highest BCUT2D eigenvalue weighted by Crippen LogP contribution is 2.28. The number of hydrogen-bond acceptors (Lipinski definition) is 3. The van der Waals surface area contributed by atoms with Gasteiger partial charge in [-0.3, -0.25) is 4.90 Å². The quantitative estimate of drug-likeness (QED) is 0.776. The van der Waals surface area contributed by atoms with Crippen LogP contribution in [0.15, 0.2) is 18.2 Å². The lowest BCUT2D eigenvalue weighted by atomic mass is 10.1. The lowest BCUT2D eigenvalue weighted by Crippen LogP contribution is -2.20. The largest absolute Gasteiger partial charge is 0.399 e. The fourth-order valence-electron chi connectivity index (χ4n) is 1.68. The molecule has 0 atom stereocenters. The van der Waals surface area contributed by atoms with E-state index >= 15 is 0 Å². The standard InChI is InChI=1S/C11H17N3.ClH/c1-14(10-3-4-10)7-8-6-9(12)2-5-11(8)13;/h2,5-6,10H,3-4,7,12-13H2,1H3;1H. The van der Waals surface area contributed by atoms with Crippen molar-refractivity contribution in [2.75, 3.05) is 18.5 Å². The Hall–Kier alpha value is -0.930. The summed E-state index contributed by atoms with van der Waals surface area (Å²) in [6.45, 7) is 0.904. The van der Waals surface area contributed by atoms with Gasteiger partial charge in [0.2, 0.25) is 0 Å². The zero-order chi connectivity index (χ0) is 10.1. The van der Waals surface area contributed by atoms with E-state index in [9.17, 15) is 0 Å². The number of hydrogen-bond donors (Lipinski definition) is 2. The highest BCUT2D eigenvalue weighted by molar-refractivity contribution is 5.85. The van der Waals surface area contributed by atoms with Crippen LogP contribution in [0.4, 0.5) is 11.4 Å². The van der Waals surface area contributed by atoms with Gasteiger partial charge < -0.3 is 11.5 Å². The Labute approximate surface area is 96.8 Å². The predicted molar refractivity (Wildman–Crippen MR) is 67.0 cm³/mol. The SMILES string of the molecule is CN(Cc1cc(N)ccc1N)C1CC1.Cl. The van der Waals surface area contributed by atoms with Crippen LogP contribution in [0.25, 0.3) is 0 Å². The highest BCUT2D eigenvalue weighted by atomic mass is 35.5. The van der Waals surface area contributed by atoms with Crippen molar-refractivity contribution in [3.05, 3.63) is 23.8 Å². The number of rotatable bonds is 3. The van der Waals surface area contributed by atoms with Crippen molar-refractivity contribution in [2.45, 2.75) is 25.4 Å². The van der Waals surface area contributed by atoms with E-state index in [1.807, 2.05) is 18.2 Å². The van der Waals surface area contributed by atoms with E-state index in [1.165, 1.54) is 12.8 Å². The van der Waals surface area contributed by atoms with Crippen molar-refractivity contribution >= 4 is 23.8 Å². The van der Waals surface area contributed by atoms with Crippen molar-refractivity contribution < 1.29 is 0 Å². The molecule has 1 aliphatic rings. The van der Waals surface area contributed by atoms with Gasteiger partial charge in [0, 0.05) is 24.0 Å². The zero-order valence-electron chi connectivity index (χ0n) is 8.94. The number of nitrogens with two attached hydrogens (primary N) is 2. The van der Waals surface area contributed by atoms with E-state index in [4.69, 9.17) is 11.5 Å². The Morgan fingerprint density at radius 3 is 2.60 bits per heavy atom. The van der Waals surface area contributed by atoms with Crippen molar-refractivity contribution in [1.29, 1.82) is 0 Å². The summed E-state index contributed by atoms with van der Waals surface area (Å²) in [5.41, 5.74) is 14.4. The number of halogens is 1. The van der Waals surface area contributed by atoms with Crippen LogP contribution in [-0.4, -0.2) is 18.0 Å². The molecule has 0 saturated heterocycles. The molecule has 0 radical (unpaired) electrons. The van der Waals surface area contributed by atoms with E-state index in [2.05, 4.69) is 11.9 Å². The summed E-state index contributed by atoms with van der Waals surface area (Å²) in [6.07, 6.45) is 2.64. The Kier molecular flexibility index (Phi) is 3.83. The minimum Gasteiger partial charge on any atom is -0.399 e. The molecule has 4 heteroatoms. The van der Waals surface area contributed by atoms with Crippen molar-refractivity contribution in [3.8, 4) is 0 Å². The molecule has 1 aromatic carbocycles. The number of nitrogens with zero attached hydrogens (tertiary/aromatic N) is 1. The summed E-state index contributed by atoms with van der Waals surface area (Å²) in [5, 5.41) is 0. The summed E-state index contributed by atoms with van der Waals surface area (Å²) in [7, 11) is 2.14. The third-order valence-electron chi connectivity index (χ3n) is 2.76. The van der Waals surface area contributed by atoms with E-state index in [0.29, 0.717) is 0 Å². The number of nitrogen functional groups attached to an aromatic ring is 2. The van der Waals surface area contributed by atoms with Gasteiger partial charge in [0.15, 0.2) is 0 Å². The van der Waals surface area contributed by atoms with Crippen LogP contribution in [0.3, 0.4) is 0 Å². The normalized spacial score (nSPS) is 15.1. The molecule has 15 heavy (non-hydrogen) atoms. The maximum Gasteiger partial charge on any atom is 0.0361 e. The minimum atomic E-state index is 0. The van der Waals surface area contributed by atoms with Crippen LogP contribution in [0.1, 0.15) is 18.4 Å². The fourth-order valence-corrected chi connectivity index (χ4v) is 1.68. The molecule has 4 N–H and O–H groups in total. The lowest BCUT2D eigenvalue weighted by Gasteiger charge is -2.17. The Bertz CT molecular complexity index is 337. The van der Waals surface area contributed by atoms with Gasteiger partial charge in [0.1, 0.15) is 0 Å². The number of anilines is 2. The second-order valence-electron chi connectivity index (χ2n) is 4.10. The van der Waals surface area contributed by atoms with Crippen LogP contribution < -0.4 is 11.5 Å². The van der Waals surface area contributed by atoms with E-state index in [1.54, 1.807) is 0 Å². The molecule has 1 aliphatic carbocycles. The van der Waals surface area contributed by atoms with Gasteiger partial charge in [-0.1, -0.05) is 0 Å². The number of benzene rings is 1. The molecule has 1 saturated carbocycles. The van der Waals surface area contributed by atoms with Crippen LogP contribution in [0, 0.1) is 0 Å². The van der Waals surface area contributed by atoms with Gasteiger partial charge in [0.25, 0.3) is 0 Å². The molecule has 0 aromatic heterocycles. The van der Waals surface area contributed by atoms with Crippen molar-refractivity contribution in [2.24, 2.45) is 0 Å². The van der Waals surface area contributed by atoms with Gasteiger partial charge in [-0.05, 0) is 43.7 Å². The first-order chi connectivity index (χ1) is 6.66. The highest BCUT2D eigenvalue weighted by Gasteiger charge is 2.26. The summed E-state index contributed by atoms with van der Waals surface area (Å²) >= 11 is 0. The second-order valence-corrected chi connectivity index (χ2v) is 4.10. The molecular formula is C11H18ClN3. The van der Waals surface area contributed by atoms with Crippen LogP contribution in [0.2, 0.25) is 0 Å². The predicted octanol–water partition coefficient (Wildman–Crippen LogP) is 1.87. The second kappa shape index (κ2) is 4.73. The topological polar surface area (TPSA) is 55.3 Å². The minimum absolute atomic E-state index is 0. The van der Waals surface area contributed by atoms with Gasteiger partial charge in [-0.15, -0.1) is 12.4 Å². The maximum atomic E-state index is 5.88. The molecule has 0 heterocycles. The monoisotopic (exact) mass is 227 g/mol. The molecule has 2 rings (SSSR count). The first kappa shape index (κ1) is 12.1. The third-order valence-corrected chi connectivity index (χ3v) is 2.76. The smallest absolute Gasteiger partial charge is 0.0361 e. The summed E-state index contributed by atoms with van der Waals surface area (Å²) in [5.74, 6) is 0. The van der Waals surface area contributed by atoms with Crippen molar-refractivity contribution in [1.82, 2.24) is 4.90 Å².